The molecule has 3 rings (SSSR count). The molecule has 0 bridgehead atoms. The topological polar surface area (TPSA) is 58.6 Å². The summed E-state index contributed by atoms with van der Waals surface area (Å²) in [6.07, 6.45) is 0.997. The van der Waals surface area contributed by atoms with E-state index in [4.69, 9.17) is 4.74 Å². The van der Waals surface area contributed by atoms with Crippen LogP contribution in [0, 0.1) is 0 Å². The van der Waals surface area contributed by atoms with Gasteiger partial charge in [0.05, 0.1) is 17.9 Å². The van der Waals surface area contributed by atoms with Gasteiger partial charge < -0.3 is 10.1 Å². The van der Waals surface area contributed by atoms with Crippen molar-refractivity contribution in [2.75, 3.05) is 23.4 Å². The molecule has 1 atom stereocenters. The Hall–Kier alpha value is -2.47. The van der Waals surface area contributed by atoms with E-state index in [1.165, 1.54) is 0 Å². The van der Waals surface area contributed by atoms with Crippen LogP contribution in [0.2, 0.25) is 0 Å². The summed E-state index contributed by atoms with van der Waals surface area (Å²) in [4.78, 5) is 27.5. The Labute approximate surface area is 157 Å². The summed E-state index contributed by atoms with van der Waals surface area (Å²) in [7, 11) is 0. The molecule has 0 spiro atoms. The summed E-state index contributed by atoms with van der Waals surface area (Å²) in [6, 6.07) is 14.5. The van der Waals surface area contributed by atoms with Crippen LogP contribution in [-0.4, -0.2) is 30.4 Å². The maximum Gasteiger partial charge on any atom is 0.338 e. The number of thioether (sulfide) groups is 1. The Balaban J connectivity index is 1.74. The summed E-state index contributed by atoms with van der Waals surface area (Å²) in [5.74, 6) is -0.363. The lowest BCUT2D eigenvalue weighted by Gasteiger charge is -2.33. The second kappa shape index (κ2) is 8.27. The summed E-state index contributed by atoms with van der Waals surface area (Å²) in [5, 5.41) is 3.30. The number of benzene rings is 2. The van der Waals surface area contributed by atoms with Gasteiger partial charge in [-0.05, 0) is 49.7 Å². The number of rotatable bonds is 4. The standard InChI is InChI=1S/C20H22N2O3S/c1-3-16-13-22(17-7-5-6-8-18(17)26-16)20(24)21-15-11-9-14(10-12-15)19(23)25-4-2/h5-12,16H,3-4,13H2,1-2H3,(H,21,24)/t16-/m0/s1. The Bertz CT molecular complexity index is 792. The number of fused-ring (bicyclic) bond motifs is 1. The molecule has 5 nitrogen and oxygen atoms in total. The molecule has 2 aromatic carbocycles. The van der Waals surface area contributed by atoms with E-state index in [1.807, 2.05) is 30.0 Å². The Morgan fingerprint density at radius 1 is 1.15 bits per heavy atom. The van der Waals surface area contributed by atoms with Gasteiger partial charge in [-0.15, -0.1) is 11.8 Å². The number of urea groups is 1. The van der Waals surface area contributed by atoms with Crippen molar-refractivity contribution in [2.45, 2.75) is 30.4 Å². The molecule has 136 valence electrons. The number of amides is 2. The first-order chi connectivity index (χ1) is 12.6. The molecule has 1 aliphatic rings. The van der Waals surface area contributed by atoms with Crippen molar-refractivity contribution in [2.24, 2.45) is 0 Å². The number of anilines is 2. The number of ether oxygens (including phenoxy) is 1. The highest BCUT2D eigenvalue weighted by Gasteiger charge is 2.28. The van der Waals surface area contributed by atoms with Gasteiger partial charge in [0.15, 0.2) is 0 Å². The van der Waals surface area contributed by atoms with E-state index >= 15 is 0 Å². The van der Waals surface area contributed by atoms with Gasteiger partial charge in [0.25, 0.3) is 0 Å². The van der Waals surface area contributed by atoms with Crippen molar-refractivity contribution in [1.29, 1.82) is 0 Å². The minimum absolute atomic E-state index is 0.167. The number of esters is 1. The quantitative estimate of drug-likeness (QED) is 0.787. The van der Waals surface area contributed by atoms with Crippen molar-refractivity contribution in [3.63, 3.8) is 0 Å². The van der Waals surface area contributed by atoms with Gasteiger partial charge in [0, 0.05) is 22.4 Å². The number of hydrogen-bond donors (Lipinski definition) is 1. The molecule has 1 N–H and O–H groups in total. The number of nitrogens with one attached hydrogen (secondary N) is 1. The number of carbonyl (C=O) groups excluding carboxylic acids is 2. The monoisotopic (exact) mass is 370 g/mol. The van der Waals surface area contributed by atoms with Gasteiger partial charge in [0.1, 0.15) is 0 Å². The van der Waals surface area contributed by atoms with E-state index in [0.717, 1.165) is 17.0 Å². The van der Waals surface area contributed by atoms with E-state index in [1.54, 1.807) is 36.1 Å². The largest absolute Gasteiger partial charge is 0.462 e. The van der Waals surface area contributed by atoms with Crippen LogP contribution in [0.25, 0.3) is 0 Å². The summed E-state index contributed by atoms with van der Waals surface area (Å²) in [6.45, 7) is 4.91. The first-order valence-electron chi connectivity index (χ1n) is 8.73. The Morgan fingerprint density at radius 3 is 2.58 bits per heavy atom. The highest BCUT2D eigenvalue weighted by atomic mass is 32.2. The number of carbonyl (C=O) groups is 2. The molecule has 2 aromatic rings. The van der Waals surface area contributed by atoms with Crippen molar-refractivity contribution in [3.8, 4) is 0 Å². The van der Waals surface area contributed by atoms with Crippen LogP contribution >= 0.6 is 11.8 Å². The summed E-state index contributed by atoms with van der Waals surface area (Å²) in [5.41, 5.74) is 2.05. The van der Waals surface area contributed by atoms with E-state index in [0.29, 0.717) is 29.7 Å². The third kappa shape index (κ3) is 4.02. The second-order valence-corrected chi connectivity index (χ2v) is 7.30. The molecule has 2 amide bonds. The van der Waals surface area contributed by atoms with Gasteiger partial charge in [-0.1, -0.05) is 19.1 Å². The van der Waals surface area contributed by atoms with Crippen molar-refractivity contribution >= 4 is 35.1 Å². The van der Waals surface area contributed by atoms with Crippen LogP contribution in [0.5, 0.6) is 0 Å². The fraction of sp³-hybridized carbons (Fsp3) is 0.300. The Kier molecular flexibility index (Phi) is 5.83. The highest BCUT2D eigenvalue weighted by molar-refractivity contribution is 8.00. The Morgan fingerprint density at radius 2 is 1.88 bits per heavy atom. The zero-order valence-corrected chi connectivity index (χ0v) is 15.7. The molecule has 0 aromatic heterocycles. The molecular weight excluding hydrogens is 348 g/mol. The summed E-state index contributed by atoms with van der Waals surface area (Å²) < 4.78 is 4.97. The predicted octanol–water partition coefficient (Wildman–Crippen LogP) is 4.79. The fourth-order valence-electron chi connectivity index (χ4n) is 2.80. The lowest BCUT2D eigenvalue weighted by Crippen LogP contribution is -2.41. The van der Waals surface area contributed by atoms with Crippen LogP contribution in [0.1, 0.15) is 30.6 Å². The number of hydrogen-bond acceptors (Lipinski definition) is 4. The molecule has 1 heterocycles. The molecular formula is C20H22N2O3S. The second-order valence-electron chi connectivity index (χ2n) is 5.95. The number of nitrogens with zero attached hydrogens (tertiary/aromatic N) is 1. The van der Waals surface area contributed by atoms with Crippen LogP contribution < -0.4 is 10.2 Å². The van der Waals surface area contributed by atoms with Crippen LogP contribution in [0.15, 0.2) is 53.4 Å². The maximum absolute atomic E-state index is 12.8. The molecule has 0 radical (unpaired) electrons. The molecule has 0 saturated carbocycles. The minimum atomic E-state index is -0.363. The normalized spacial score (nSPS) is 15.9. The fourth-order valence-corrected chi connectivity index (χ4v) is 4.00. The van der Waals surface area contributed by atoms with Crippen LogP contribution in [-0.2, 0) is 4.74 Å². The van der Waals surface area contributed by atoms with E-state index in [-0.39, 0.29) is 12.0 Å². The molecule has 26 heavy (non-hydrogen) atoms. The lowest BCUT2D eigenvalue weighted by molar-refractivity contribution is 0.0526. The number of para-hydroxylation sites is 1. The van der Waals surface area contributed by atoms with Crippen molar-refractivity contribution < 1.29 is 14.3 Å². The molecule has 0 saturated heterocycles. The predicted molar refractivity (Wildman–Crippen MR) is 105 cm³/mol. The zero-order chi connectivity index (χ0) is 18.5. The van der Waals surface area contributed by atoms with E-state index in [2.05, 4.69) is 18.3 Å². The van der Waals surface area contributed by atoms with E-state index < -0.39 is 0 Å². The molecule has 1 aliphatic heterocycles. The molecule has 6 heteroatoms. The van der Waals surface area contributed by atoms with Crippen LogP contribution in [0.3, 0.4) is 0 Å². The molecule has 0 fully saturated rings. The smallest absolute Gasteiger partial charge is 0.338 e. The van der Waals surface area contributed by atoms with Gasteiger partial charge in [0.2, 0.25) is 0 Å². The van der Waals surface area contributed by atoms with Gasteiger partial charge in [-0.3, -0.25) is 4.90 Å². The van der Waals surface area contributed by atoms with Crippen LogP contribution in [0.4, 0.5) is 16.2 Å². The van der Waals surface area contributed by atoms with Gasteiger partial charge in [-0.25, -0.2) is 9.59 Å². The SMILES string of the molecule is CCOC(=O)c1ccc(NC(=O)N2C[C@H](CC)Sc3ccccc32)cc1. The average Bonchev–Trinajstić information content (AvgIpc) is 2.67. The molecule has 0 aliphatic carbocycles. The third-order valence-electron chi connectivity index (χ3n) is 4.18. The minimum Gasteiger partial charge on any atom is -0.462 e. The molecule has 0 unspecified atom stereocenters. The average molecular weight is 370 g/mol. The van der Waals surface area contributed by atoms with Crippen molar-refractivity contribution in [1.82, 2.24) is 0 Å². The lowest BCUT2D eigenvalue weighted by atomic mass is 10.2. The van der Waals surface area contributed by atoms with Gasteiger partial charge >= 0.3 is 12.0 Å². The first kappa shape index (κ1) is 18.3. The van der Waals surface area contributed by atoms with Crippen molar-refractivity contribution in [3.05, 3.63) is 54.1 Å². The first-order valence-corrected chi connectivity index (χ1v) is 9.61. The zero-order valence-electron chi connectivity index (χ0n) is 14.9. The highest BCUT2D eigenvalue weighted by Crippen LogP contribution is 2.39. The van der Waals surface area contributed by atoms with Gasteiger partial charge in [-0.2, -0.15) is 0 Å². The third-order valence-corrected chi connectivity index (χ3v) is 5.60. The van der Waals surface area contributed by atoms with E-state index in [9.17, 15) is 9.59 Å². The summed E-state index contributed by atoms with van der Waals surface area (Å²) >= 11 is 1.82. The maximum atomic E-state index is 12.8.